The zero-order valence-corrected chi connectivity index (χ0v) is 12.2. The van der Waals surface area contributed by atoms with Crippen LogP contribution in [0.15, 0.2) is 42.5 Å². The summed E-state index contributed by atoms with van der Waals surface area (Å²) in [6, 6.07) is 13.5. The van der Waals surface area contributed by atoms with Gasteiger partial charge in [0.1, 0.15) is 17.2 Å². The quantitative estimate of drug-likeness (QED) is 0.819. The molecule has 2 aromatic rings. The highest BCUT2D eigenvalue weighted by Crippen LogP contribution is 2.30. The van der Waals surface area contributed by atoms with Crippen molar-refractivity contribution in [3.05, 3.63) is 48.0 Å². The van der Waals surface area contributed by atoms with Gasteiger partial charge in [-0.3, -0.25) is 0 Å². The lowest BCUT2D eigenvalue weighted by Crippen LogP contribution is -2.07. The number of benzene rings is 2. The van der Waals surface area contributed by atoms with E-state index >= 15 is 0 Å². The Morgan fingerprint density at radius 2 is 1.65 bits per heavy atom. The molecule has 0 amide bonds. The molecular weight excluding hydrogens is 250 g/mol. The molecule has 0 unspecified atom stereocenters. The van der Waals surface area contributed by atoms with Gasteiger partial charge >= 0.3 is 0 Å². The van der Waals surface area contributed by atoms with Crippen LogP contribution < -0.4 is 15.2 Å². The fourth-order valence-electron chi connectivity index (χ4n) is 1.86. The molecule has 0 atom stereocenters. The van der Waals surface area contributed by atoms with Crippen LogP contribution in [0.2, 0.25) is 0 Å². The number of nitrogens with two attached hydrogens (primary N) is 1. The first-order valence-corrected chi connectivity index (χ1v) is 6.91. The summed E-state index contributed by atoms with van der Waals surface area (Å²) in [5.41, 5.74) is 7.80. The van der Waals surface area contributed by atoms with Gasteiger partial charge in [0.05, 0.1) is 11.8 Å². The van der Waals surface area contributed by atoms with E-state index in [0.717, 1.165) is 17.9 Å². The molecule has 0 aliphatic carbocycles. The normalized spacial score (nSPS) is 10.6. The molecule has 0 bridgehead atoms. The summed E-state index contributed by atoms with van der Waals surface area (Å²) in [4.78, 5) is 0. The minimum Gasteiger partial charge on any atom is -0.489 e. The van der Waals surface area contributed by atoms with Crippen molar-refractivity contribution in [2.45, 2.75) is 33.3 Å². The van der Waals surface area contributed by atoms with E-state index < -0.39 is 0 Å². The number of hydrogen-bond acceptors (Lipinski definition) is 3. The molecule has 2 N–H and O–H groups in total. The van der Waals surface area contributed by atoms with Crippen LogP contribution in [0, 0.1) is 0 Å². The molecule has 106 valence electrons. The molecule has 0 saturated carbocycles. The Kier molecular flexibility index (Phi) is 4.51. The molecule has 3 nitrogen and oxygen atoms in total. The van der Waals surface area contributed by atoms with E-state index in [-0.39, 0.29) is 6.10 Å². The van der Waals surface area contributed by atoms with Gasteiger partial charge in [-0.15, -0.1) is 0 Å². The Hall–Kier alpha value is -2.16. The van der Waals surface area contributed by atoms with E-state index in [0.29, 0.717) is 11.4 Å². The highest BCUT2D eigenvalue weighted by atomic mass is 16.5. The first-order chi connectivity index (χ1) is 9.58. The maximum atomic E-state index is 5.89. The van der Waals surface area contributed by atoms with Crippen LogP contribution in [0.1, 0.15) is 26.3 Å². The Morgan fingerprint density at radius 1 is 1.00 bits per heavy atom. The molecule has 0 heterocycles. The molecule has 20 heavy (non-hydrogen) atoms. The van der Waals surface area contributed by atoms with Crippen molar-refractivity contribution >= 4 is 5.69 Å². The first kappa shape index (κ1) is 14.3. The summed E-state index contributed by atoms with van der Waals surface area (Å²) in [5.74, 6) is 2.18. The van der Waals surface area contributed by atoms with Crippen molar-refractivity contribution in [2.24, 2.45) is 0 Å². The lowest BCUT2D eigenvalue weighted by atomic mass is 10.2. The fourth-order valence-corrected chi connectivity index (χ4v) is 1.86. The average molecular weight is 271 g/mol. The largest absolute Gasteiger partial charge is 0.489 e. The number of ether oxygens (including phenoxy) is 2. The van der Waals surface area contributed by atoms with Crippen LogP contribution in [-0.2, 0) is 6.42 Å². The van der Waals surface area contributed by atoms with Gasteiger partial charge in [-0.2, -0.15) is 0 Å². The zero-order valence-electron chi connectivity index (χ0n) is 12.2. The molecule has 0 radical (unpaired) electrons. The van der Waals surface area contributed by atoms with Crippen LogP contribution >= 0.6 is 0 Å². The SMILES string of the molecule is CCc1ccc(Oc2ccc(N)c(OC(C)C)c2)cc1. The van der Waals surface area contributed by atoms with E-state index in [9.17, 15) is 0 Å². The highest BCUT2D eigenvalue weighted by Gasteiger charge is 2.06. The lowest BCUT2D eigenvalue weighted by molar-refractivity contribution is 0.243. The predicted molar refractivity (Wildman–Crippen MR) is 82.5 cm³/mol. The van der Waals surface area contributed by atoms with Gasteiger partial charge < -0.3 is 15.2 Å². The number of nitrogen functional groups attached to an aromatic ring is 1. The lowest BCUT2D eigenvalue weighted by Gasteiger charge is -2.14. The van der Waals surface area contributed by atoms with E-state index in [1.54, 1.807) is 6.07 Å². The number of anilines is 1. The second kappa shape index (κ2) is 6.33. The minimum absolute atomic E-state index is 0.0800. The number of aryl methyl sites for hydroxylation is 1. The summed E-state index contributed by atoms with van der Waals surface area (Å²) in [7, 11) is 0. The molecule has 0 aliphatic heterocycles. The van der Waals surface area contributed by atoms with Crippen LogP contribution in [0.25, 0.3) is 0 Å². The van der Waals surface area contributed by atoms with Gasteiger partial charge in [0.2, 0.25) is 0 Å². The number of rotatable bonds is 5. The van der Waals surface area contributed by atoms with Crippen LogP contribution in [0.4, 0.5) is 5.69 Å². The minimum atomic E-state index is 0.0800. The molecule has 2 rings (SSSR count). The fraction of sp³-hybridized carbons (Fsp3) is 0.294. The van der Waals surface area contributed by atoms with Gasteiger partial charge in [0.25, 0.3) is 0 Å². The molecule has 3 heteroatoms. The molecular formula is C17H21NO2. The van der Waals surface area contributed by atoms with Crippen molar-refractivity contribution in [1.82, 2.24) is 0 Å². The Balaban J connectivity index is 2.16. The Morgan fingerprint density at radius 3 is 2.25 bits per heavy atom. The zero-order chi connectivity index (χ0) is 14.5. The van der Waals surface area contributed by atoms with Crippen LogP contribution in [0.3, 0.4) is 0 Å². The maximum absolute atomic E-state index is 5.89. The molecule has 0 spiro atoms. The smallest absolute Gasteiger partial charge is 0.146 e. The molecule has 0 aliphatic rings. The van der Waals surface area contributed by atoms with Crippen molar-refractivity contribution in [1.29, 1.82) is 0 Å². The van der Waals surface area contributed by atoms with E-state index in [1.165, 1.54) is 5.56 Å². The monoisotopic (exact) mass is 271 g/mol. The summed E-state index contributed by atoms with van der Waals surface area (Å²) in [6.07, 6.45) is 1.10. The van der Waals surface area contributed by atoms with E-state index in [1.807, 2.05) is 38.1 Å². The average Bonchev–Trinajstić information content (AvgIpc) is 2.43. The Labute approximate surface area is 120 Å². The van der Waals surface area contributed by atoms with Crippen LogP contribution in [-0.4, -0.2) is 6.10 Å². The molecule has 0 fully saturated rings. The molecule has 0 saturated heterocycles. The topological polar surface area (TPSA) is 44.5 Å². The standard InChI is InChI=1S/C17H21NO2/c1-4-13-5-7-14(8-6-13)20-15-9-10-16(18)17(11-15)19-12(2)3/h5-12H,4,18H2,1-3H3. The second-order valence-electron chi connectivity index (χ2n) is 4.97. The molecule has 2 aromatic carbocycles. The number of hydrogen-bond donors (Lipinski definition) is 1. The van der Waals surface area contributed by atoms with Crippen molar-refractivity contribution in [3.8, 4) is 17.2 Å². The molecule has 0 aromatic heterocycles. The van der Waals surface area contributed by atoms with Crippen LogP contribution in [0.5, 0.6) is 17.2 Å². The second-order valence-corrected chi connectivity index (χ2v) is 4.97. The van der Waals surface area contributed by atoms with Crippen molar-refractivity contribution in [3.63, 3.8) is 0 Å². The van der Waals surface area contributed by atoms with E-state index in [4.69, 9.17) is 15.2 Å². The summed E-state index contributed by atoms with van der Waals surface area (Å²) < 4.78 is 11.5. The van der Waals surface area contributed by atoms with E-state index in [2.05, 4.69) is 19.1 Å². The third kappa shape index (κ3) is 3.67. The summed E-state index contributed by atoms with van der Waals surface area (Å²) in [6.45, 7) is 6.07. The summed E-state index contributed by atoms with van der Waals surface area (Å²) in [5, 5.41) is 0. The van der Waals surface area contributed by atoms with Crippen molar-refractivity contribution in [2.75, 3.05) is 5.73 Å². The summed E-state index contributed by atoms with van der Waals surface area (Å²) >= 11 is 0. The predicted octanol–water partition coefficient (Wildman–Crippen LogP) is 4.41. The Bertz CT molecular complexity index is 562. The highest BCUT2D eigenvalue weighted by molar-refractivity contribution is 5.56. The van der Waals surface area contributed by atoms with Gasteiger partial charge in [-0.05, 0) is 50.1 Å². The maximum Gasteiger partial charge on any atom is 0.146 e. The van der Waals surface area contributed by atoms with Gasteiger partial charge in [-0.25, -0.2) is 0 Å². The first-order valence-electron chi connectivity index (χ1n) is 6.91. The van der Waals surface area contributed by atoms with Gasteiger partial charge in [-0.1, -0.05) is 19.1 Å². The van der Waals surface area contributed by atoms with Gasteiger partial charge in [0.15, 0.2) is 0 Å². The third-order valence-corrected chi connectivity index (χ3v) is 2.92. The van der Waals surface area contributed by atoms with Crippen molar-refractivity contribution < 1.29 is 9.47 Å². The van der Waals surface area contributed by atoms with Gasteiger partial charge in [0, 0.05) is 6.07 Å². The third-order valence-electron chi connectivity index (χ3n) is 2.92.